The number of hydrogen-bond acceptors (Lipinski definition) is 7. The Balaban J connectivity index is 1.73. The van der Waals surface area contributed by atoms with E-state index >= 15 is 0 Å². The Morgan fingerprint density at radius 2 is 1.56 bits per heavy atom. The summed E-state index contributed by atoms with van der Waals surface area (Å²) in [6, 6.07) is 0. The van der Waals surface area contributed by atoms with Crippen molar-refractivity contribution in [2.45, 2.75) is 121 Å². The average Bonchev–Trinajstić information content (AvgIpc) is 3.20. The first-order chi connectivity index (χ1) is 17.7. The second kappa shape index (κ2) is 8.63. The van der Waals surface area contributed by atoms with E-state index in [1.807, 2.05) is 6.92 Å². The molecule has 0 aromatic rings. The van der Waals surface area contributed by atoms with Crippen LogP contribution in [0.3, 0.4) is 0 Å². The van der Waals surface area contributed by atoms with Crippen molar-refractivity contribution in [2.24, 2.45) is 28.6 Å². The lowest BCUT2D eigenvalue weighted by Gasteiger charge is -2.53. The molecule has 0 N–H and O–H groups in total. The molecule has 220 valence electrons. The van der Waals surface area contributed by atoms with Gasteiger partial charge in [0.15, 0.2) is 25.0 Å². The molecule has 4 aliphatic carbocycles. The SMILES string of the molecule is C=C1C[C@]23C[C@@]1(O[Si](C)(C)C)CCC2[C@@]12OC(=O)C(C)(C1[C@@H]3C(=O)OC)[C@H](O[Si](C)(C)C)C[C@@H]2O[Si](C)(C)C. The van der Waals surface area contributed by atoms with Crippen LogP contribution in [-0.4, -0.2) is 67.4 Å². The zero-order valence-electron chi connectivity index (χ0n) is 26.0. The standard InChI is InChI=1S/C29H50O7Si3/c1-18-16-27-17-28(18,36-39(10,11)12)14-13-19(27)29-21(35-38(7,8)9)15-20(34-37(4,5)6)26(2,25(31)33-29)23(29)22(27)24(30)32-3/h19-23H,1,13-17H2,2-12H3/t19?,20-,21+,22-,23?,26?,27+,28+,29+/m1/s1. The molecule has 5 rings (SSSR count). The predicted molar refractivity (Wildman–Crippen MR) is 158 cm³/mol. The van der Waals surface area contributed by atoms with E-state index in [4.69, 9.17) is 22.8 Å². The summed E-state index contributed by atoms with van der Waals surface area (Å²) in [5.41, 5.74) is -1.66. The topological polar surface area (TPSA) is 80.3 Å². The van der Waals surface area contributed by atoms with Crippen LogP contribution in [0.15, 0.2) is 12.2 Å². The molecule has 0 amide bonds. The molecule has 5 fully saturated rings. The molecule has 5 aliphatic rings. The number of hydrogen-bond donors (Lipinski definition) is 0. The minimum atomic E-state index is -2.07. The molecule has 39 heavy (non-hydrogen) atoms. The van der Waals surface area contributed by atoms with E-state index in [0.29, 0.717) is 12.8 Å². The van der Waals surface area contributed by atoms with Gasteiger partial charge in [-0.25, -0.2) is 0 Å². The summed E-state index contributed by atoms with van der Waals surface area (Å²) in [6.45, 7) is 26.2. The Hall–Kier alpha value is -0.789. The molecule has 4 saturated carbocycles. The molecule has 4 bridgehead atoms. The van der Waals surface area contributed by atoms with Crippen molar-refractivity contribution < 1.29 is 32.3 Å². The third-order valence-corrected chi connectivity index (χ3v) is 13.2. The zero-order valence-corrected chi connectivity index (χ0v) is 29.0. The maximum Gasteiger partial charge on any atom is 0.315 e. The van der Waals surface area contributed by atoms with Crippen LogP contribution in [0.25, 0.3) is 0 Å². The van der Waals surface area contributed by atoms with Crippen molar-refractivity contribution in [3.05, 3.63) is 12.2 Å². The number of rotatable bonds is 7. The highest BCUT2D eigenvalue weighted by Gasteiger charge is 2.87. The molecule has 9 atom stereocenters. The van der Waals surface area contributed by atoms with Crippen LogP contribution in [-0.2, 0) is 32.3 Å². The molecule has 0 aromatic carbocycles. The van der Waals surface area contributed by atoms with E-state index in [2.05, 4.69) is 65.5 Å². The predicted octanol–water partition coefficient (Wildman–Crippen LogP) is 5.89. The smallest absolute Gasteiger partial charge is 0.315 e. The fraction of sp³-hybridized carbons (Fsp3) is 0.862. The molecule has 10 heteroatoms. The summed E-state index contributed by atoms with van der Waals surface area (Å²) in [6.07, 6.45) is 2.94. The Bertz CT molecular complexity index is 1090. The highest BCUT2D eigenvalue weighted by molar-refractivity contribution is 6.70. The van der Waals surface area contributed by atoms with Gasteiger partial charge in [-0.05, 0) is 103 Å². The fourth-order valence-electron chi connectivity index (χ4n) is 9.57. The largest absolute Gasteiger partial charge is 0.469 e. The van der Waals surface area contributed by atoms with Crippen molar-refractivity contribution in [2.75, 3.05) is 7.11 Å². The summed E-state index contributed by atoms with van der Waals surface area (Å²) in [5.74, 6) is -1.44. The molecule has 0 aromatic heterocycles. The number of fused-ring (bicyclic) bond motifs is 1. The van der Waals surface area contributed by atoms with Crippen molar-refractivity contribution in [3.8, 4) is 0 Å². The molecular weight excluding hydrogens is 545 g/mol. The summed E-state index contributed by atoms with van der Waals surface area (Å²) in [5, 5.41) is 0. The molecule has 1 heterocycles. The Morgan fingerprint density at radius 1 is 0.974 bits per heavy atom. The van der Waals surface area contributed by atoms with Gasteiger partial charge in [0.25, 0.3) is 0 Å². The minimum Gasteiger partial charge on any atom is -0.469 e. The molecular formula is C29H50O7Si3. The zero-order chi connectivity index (χ0) is 29.2. The average molecular weight is 595 g/mol. The number of carbonyl (C=O) groups excluding carboxylic acids is 2. The van der Waals surface area contributed by atoms with E-state index in [1.165, 1.54) is 7.11 Å². The number of methoxy groups -OCH3 is 1. The van der Waals surface area contributed by atoms with Gasteiger partial charge in [-0.1, -0.05) is 6.58 Å². The maximum atomic E-state index is 14.1. The molecule has 7 nitrogen and oxygen atoms in total. The molecule has 3 unspecified atom stereocenters. The third kappa shape index (κ3) is 4.17. The molecule has 0 radical (unpaired) electrons. The molecule has 1 spiro atoms. The van der Waals surface area contributed by atoms with Crippen LogP contribution >= 0.6 is 0 Å². The van der Waals surface area contributed by atoms with Crippen molar-refractivity contribution in [3.63, 3.8) is 0 Å². The van der Waals surface area contributed by atoms with Gasteiger partial charge in [-0.2, -0.15) is 0 Å². The van der Waals surface area contributed by atoms with Crippen LogP contribution in [0.1, 0.15) is 39.0 Å². The number of carbonyl (C=O) groups is 2. The first kappa shape index (κ1) is 29.7. The van der Waals surface area contributed by atoms with Crippen molar-refractivity contribution >= 4 is 36.9 Å². The van der Waals surface area contributed by atoms with Crippen LogP contribution in [0, 0.1) is 28.6 Å². The Labute approximate surface area is 238 Å². The second-order valence-electron chi connectivity index (χ2n) is 16.2. The van der Waals surface area contributed by atoms with Crippen LogP contribution in [0.4, 0.5) is 0 Å². The summed E-state index contributed by atoms with van der Waals surface area (Å²) >= 11 is 0. The van der Waals surface area contributed by atoms with Gasteiger partial charge in [-0.15, -0.1) is 0 Å². The van der Waals surface area contributed by atoms with Crippen molar-refractivity contribution in [1.29, 1.82) is 0 Å². The van der Waals surface area contributed by atoms with Crippen LogP contribution in [0.2, 0.25) is 58.9 Å². The van der Waals surface area contributed by atoms with Gasteiger partial charge >= 0.3 is 11.9 Å². The van der Waals surface area contributed by atoms with Gasteiger partial charge in [-0.3, -0.25) is 9.59 Å². The fourth-order valence-corrected chi connectivity index (χ4v) is 13.4. The summed E-state index contributed by atoms with van der Waals surface area (Å²) in [7, 11) is -4.58. The van der Waals surface area contributed by atoms with Gasteiger partial charge in [0.1, 0.15) is 5.60 Å². The van der Waals surface area contributed by atoms with E-state index in [-0.39, 0.29) is 36.0 Å². The van der Waals surface area contributed by atoms with Gasteiger partial charge in [0.2, 0.25) is 0 Å². The monoisotopic (exact) mass is 594 g/mol. The highest BCUT2D eigenvalue weighted by Crippen LogP contribution is 2.79. The van der Waals surface area contributed by atoms with Crippen LogP contribution < -0.4 is 0 Å². The van der Waals surface area contributed by atoms with Crippen LogP contribution in [0.5, 0.6) is 0 Å². The Kier molecular flexibility index (Phi) is 6.57. The van der Waals surface area contributed by atoms with E-state index in [1.54, 1.807) is 0 Å². The first-order valence-electron chi connectivity index (χ1n) is 14.7. The highest BCUT2D eigenvalue weighted by atomic mass is 28.4. The number of ether oxygens (including phenoxy) is 2. The normalized spacial score (nSPS) is 45.2. The first-order valence-corrected chi connectivity index (χ1v) is 24.9. The van der Waals surface area contributed by atoms with Gasteiger partial charge in [0.05, 0.1) is 36.3 Å². The Morgan fingerprint density at radius 3 is 2.10 bits per heavy atom. The third-order valence-electron chi connectivity index (χ3n) is 10.2. The minimum absolute atomic E-state index is 0.0309. The van der Waals surface area contributed by atoms with Gasteiger partial charge in [0, 0.05) is 18.3 Å². The summed E-state index contributed by atoms with van der Waals surface area (Å²) in [4.78, 5) is 28.2. The van der Waals surface area contributed by atoms with Gasteiger partial charge < -0.3 is 22.8 Å². The lowest BCUT2D eigenvalue weighted by Crippen LogP contribution is -2.64. The molecule has 1 aliphatic heterocycles. The maximum absolute atomic E-state index is 14.1. The quantitative estimate of drug-likeness (QED) is 0.207. The summed E-state index contributed by atoms with van der Waals surface area (Å²) < 4.78 is 33.1. The van der Waals surface area contributed by atoms with E-state index in [0.717, 1.165) is 24.8 Å². The van der Waals surface area contributed by atoms with E-state index in [9.17, 15) is 9.59 Å². The van der Waals surface area contributed by atoms with Crippen molar-refractivity contribution in [1.82, 2.24) is 0 Å². The molecule has 1 saturated heterocycles. The second-order valence-corrected chi connectivity index (χ2v) is 29.5. The lowest BCUT2D eigenvalue weighted by atomic mass is 9.58. The lowest BCUT2D eigenvalue weighted by molar-refractivity contribution is -0.176. The number of esters is 2. The van der Waals surface area contributed by atoms with E-state index < -0.39 is 52.9 Å².